The fourth-order valence-corrected chi connectivity index (χ4v) is 2.63. The molecular weight excluding hydrogens is 511 g/mol. The van der Waals surface area contributed by atoms with Gasteiger partial charge < -0.3 is 29.4 Å². The molecule has 1 atom stereocenters. The summed E-state index contributed by atoms with van der Waals surface area (Å²) in [7, 11) is 3.58. The summed E-state index contributed by atoms with van der Waals surface area (Å²) < 4.78 is 18.6. The van der Waals surface area contributed by atoms with Crippen LogP contribution in [0.3, 0.4) is 0 Å². The van der Waals surface area contributed by atoms with E-state index < -0.39 is 0 Å². The molecule has 0 fully saturated rings. The first-order valence-electron chi connectivity index (χ1n) is 10.3. The second-order valence-electron chi connectivity index (χ2n) is 6.85. The van der Waals surface area contributed by atoms with Gasteiger partial charge in [0.05, 0.1) is 13.7 Å². The molecule has 0 aliphatic heterocycles. The molecule has 1 aromatic heterocycles. The Morgan fingerprint density at radius 2 is 2.00 bits per heavy atom. The number of halogens is 1. The minimum Gasteiger partial charge on any atom is -0.497 e. The normalized spacial score (nSPS) is 12.1. The molecule has 1 heterocycles. The molecule has 2 N–H and O–H groups in total. The van der Waals surface area contributed by atoms with E-state index in [1.807, 2.05) is 56.7 Å². The second kappa shape index (κ2) is 14.8. The number of aromatic nitrogens is 3. The van der Waals surface area contributed by atoms with Crippen molar-refractivity contribution in [2.45, 2.75) is 39.8 Å². The van der Waals surface area contributed by atoms with Crippen molar-refractivity contribution >= 4 is 29.9 Å². The number of ether oxygens (including phenoxy) is 3. The van der Waals surface area contributed by atoms with Gasteiger partial charge in [-0.3, -0.25) is 0 Å². The molecule has 0 aliphatic rings. The highest BCUT2D eigenvalue weighted by Gasteiger charge is 2.08. The van der Waals surface area contributed by atoms with Crippen LogP contribution in [0.1, 0.15) is 31.9 Å². The number of nitrogens with one attached hydrogen (secondary N) is 2. The molecule has 0 amide bonds. The Kier molecular flexibility index (Phi) is 12.9. The zero-order chi connectivity index (χ0) is 21.8. The largest absolute Gasteiger partial charge is 0.497 e. The highest BCUT2D eigenvalue weighted by atomic mass is 127. The summed E-state index contributed by atoms with van der Waals surface area (Å²) in [5.74, 6) is 3.91. The maximum Gasteiger partial charge on any atom is 0.191 e. The number of rotatable bonds is 12. The van der Waals surface area contributed by atoms with Crippen LogP contribution in [-0.2, 0) is 18.3 Å². The van der Waals surface area contributed by atoms with Crippen molar-refractivity contribution in [3.8, 4) is 11.5 Å². The molecule has 0 saturated heterocycles. The van der Waals surface area contributed by atoms with E-state index in [2.05, 4.69) is 25.8 Å². The van der Waals surface area contributed by atoms with Gasteiger partial charge in [-0.25, -0.2) is 4.99 Å². The molecule has 0 spiro atoms. The number of hydrogen-bond donors (Lipinski definition) is 2. The lowest BCUT2D eigenvalue weighted by atomic mass is 10.3. The fourth-order valence-electron chi connectivity index (χ4n) is 2.63. The second-order valence-corrected chi connectivity index (χ2v) is 6.85. The third-order valence-corrected chi connectivity index (χ3v) is 4.46. The predicted molar refractivity (Wildman–Crippen MR) is 132 cm³/mol. The third-order valence-electron chi connectivity index (χ3n) is 4.46. The van der Waals surface area contributed by atoms with Crippen molar-refractivity contribution < 1.29 is 14.2 Å². The lowest BCUT2D eigenvalue weighted by Gasteiger charge is -2.18. The smallest absolute Gasteiger partial charge is 0.191 e. The van der Waals surface area contributed by atoms with Crippen LogP contribution < -0.4 is 20.1 Å². The average Bonchev–Trinajstić information content (AvgIpc) is 3.07. The summed E-state index contributed by atoms with van der Waals surface area (Å²) >= 11 is 0. The van der Waals surface area contributed by atoms with E-state index in [9.17, 15) is 0 Å². The highest BCUT2D eigenvalue weighted by Crippen LogP contribution is 2.19. The molecule has 0 aliphatic carbocycles. The van der Waals surface area contributed by atoms with Crippen LogP contribution in [0.15, 0.2) is 29.3 Å². The summed E-state index contributed by atoms with van der Waals surface area (Å²) in [6, 6.07) is 7.58. The summed E-state index contributed by atoms with van der Waals surface area (Å²) in [6.45, 7) is 9.14. The van der Waals surface area contributed by atoms with Gasteiger partial charge in [-0.2, -0.15) is 0 Å². The lowest BCUT2D eigenvalue weighted by molar-refractivity contribution is 0.145. The van der Waals surface area contributed by atoms with Crippen LogP contribution in [0, 0.1) is 6.92 Å². The quantitative estimate of drug-likeness (QED) is 0.183. The first-order chi connectivity index (χ1) is 14.5. The molecule has 1 aromatic carbocycles. The van der Waals surface area contributed by atoms with Crippen LogP contribution >= 0.6 is 24.0 Å². The fraction of sp³-hybridized carbons (Fsp3) is 0.571. The molecule has 10 heteroatoms. The van der Waals surface area contributed by atoms with Crippen molar-refractivity contribution in [1.82, 2.24) is 25.4 Å². The zero-order valence-electron chi connectivity index (χ0n) is 19.1. The van der Waals surface area contributed by atoms with Crippen molar-refractivity contribution in [3.63, 3.8) is 0 Å². The lowest BCUT2D eigenvalue weighted by Crippen LogP contribution is -2.42. The van der Waals surface area contributed by atoms with E-state index in [-0.39, 0.29) is 30.1 Å². The van der Waals surface area contributed by atoms with Gasteiger partial charge >= 0.3 is 0 Å². The SMILES string of the molecule is CCOCCCNC(=NCc1nnc(C)n1C)NCC(C)Oc1cccc(OC)c1.I. The number of hydrogen-bond acceptors (Lipinski definition) is 6. The maximum absolute atomic E-state index is 5.98. The van der Waals surface area contributed by atoms with Crippen LogP contribution in [0.25, 0.3) is 0 Å². The summed E-state index contributed by atoms with van der Waals surface area (Å²) in [6.07, 6.45) is 0.831. The van der Waals surface area contributed by atoms with Gasteiger partial charge in [0.25, 0.3) is 0 Å². The van der Waals surface area contributed by atoms with Crippen molar-refractivity contribution in [1.29, 1.82) is 0 Å². The van der Waals surface area contributed by atoms with Crippen LogP contribution in [0.4, 0.5) is 0 Å². The predicted octanol–water partition coefficient (Wildman–Crippen LogP) is 2.68. The minimum absolute atomic E-state index is 0. The summed E-state index contributed by atoms with van der Waals surface area (Å²) in [5, 5.41) is 14.9. The van der Waals surface area contributed by atoms with Gasteiger partial charge in [0.2, 0.25) is 0 Å². The van der Waals surface area contributed by atoms with Gasteiger partial charge in [0, 0.05) is 32.9 Å². The number of aliphatic imine (C=N–C) groups is 1. The third kappa shape index (κ3) is 9.72. The van der Waals surface area contributed by atoms with Crippen molar-refractivity contribution in [3.05, 3.63) is 35.9 Å². The molecule has 0 bridgehead atoms. The van der Waals surface area contributed by atoms with Gasteiger partial charge in [-0.1, -0.05) is 6.07 Å². The van der Waals surface area contributed by atoms with Gasteiger partial charge in [-0.15, -0.1) is 34.2 Å². The Balaban J connectivity index is 0.00000480. The van der Waals surface area contributed by atoms with E-state index in [0.717, 1.165) is 42.7 Å². The number of benzene rings is 1. The topological polar surface area (TPSA) is 94.8 Å². The van der Waals surface area contributed by atoms with E-state index in [1.165, 1.54) is 0 Å². The number of methoxy groups -OCH3 is 1. The highest BCUT2D eigenvalue weighted by molar-refractivity contribution is 14.0. The van der Waals surface area contributed by atoms with Crippen LogP contribution in [0.2, 0.25) is 0 Å². The molecular formula is C21H35IN6O3. The molecule has 9 nitrogen and oxygen atoms in total. The number of aryl methyl sites for hydroxylation is 1. The van der Waals surface area contributed by atoms with E-state index in [0.29, 0.717) is 25.7 Å². The molecule has 0 radical (unpaired) electrons. The molecule has 174 valence electrons. The Labute approximate surface area is 202 Å². The van der Waals surface area contributed by atoms with E-state index in [4.69, 9.17) is 14.2 Å². The van der Waals surface area contributed by atoms with Gasteiger partial charge in [-0.05, 0) is 39.3 Å². The molecule has 31 heavy (non-hydrogen) atoms. The van der Waals surface area contributed by atoms with Crippen LogP contribution in [-0.4, -0.2) is 60.2 Å². The average molecular weight is 546 g/mol. The summed E-state index contributed by atoms with van der Waals surface area (Å²) in [4.78, 5) is 4.65. The van der Waals surface area contributed by atoms with Crippen molar-refractivity contribution in [2.75, 3.05) is 33.4 Å². The van der Waals surface area contributed by atoms with Crippen LogP contribution in [0.5, 0.6) is 11.5 Å². The number of nitrogens with zero attached hydrogens (tertiary/aromatic N) is 4. The van der Waals surface area contributed by atoms with E-state index in [1.54, 1.807) is 7.11 Å². The van der Waals surface area contributed by atoms with Gasteiger partial charge in [0.1, 0.15) is 30.0 Å². The van der Waals surface area contributed by atoms with Gasteiger partial charge in [0.15, 0.2) is 11.8 Å². The number of guanidine groups is 1. The molecule has 2 rings (SSSR count). The maximum atomic E-state index is 5.98. The zero-order valence-corrected chi connectivity index (χ0v) is 21.4. The molecule has 0 saturated carbocycles. The molecule has 1 unspecified atom stereocenters. The monoisotopic (exact) mass is 546 g/mol. The Morgan fingerprint density at radius 1 is 1.23 bits per heavy atom. The summed E-state index contributed by atoms with van der Waals surface area (Å²) in [5.41, 5.74) is 0. The first-order valence-corrected chi connectivity index (χ1v) is 10.3. The Hall–Kier alpha value is -2.08. The Bertz CT molecular complexity index is 799. The standard InChI is InChI=1S/C21H34N6O3.HI/c1-6-29-12-8-11-22-21(24-15-20-26-25-17(3)27(20)4)23-14-16(2)30-19-10-7-9-18(13-19)28-5;/h7,9-10,13,16H,6,8,11-12,14-15H2,1-5H3,(H2,22,23,24);1H. The molecule has 2 aromatic rings. The minimum atomic E-state index is -0.0652. The first kappa shape index (κ1) is 27.0. The van der Waals surface area contributed by atoms with Crippen molar-refractivity contribution in [2.24, 2.45) is 12.0 Å². The van der Waals surface area contributed by atoms with E-state index >= 15 is 0 Å². The Morgan fingerprint density at radius 3 is 2.68 bits per heavy atom.